The summed E-state index contributed by atoms with van der Waals surface area (Å²) in [6.45, 7) is 2.94. The van der Waals surface area contributed by atoms with E-state index in [0.29, 0.717) is 19.6 Å². The van der Waals surface area contributed by atoms with Crippen molar-refractivity contribution in [3.8, 4) is 0 Å². The lowest BCUT2D eigenvalue weighted by molar-refractivity contribution is -0.134. The molecule has 0 N–H and O–H groups in total. The van der Waals surface area contributed by atoms with Gasteiger partial charge in [-0.25, -0.2) is 0 Å². The predicted octanol–water partition coefficient (Wildman–Crippen LogP) is 1.35. The van der Waals surface area contributed by atoms with Gasteiger partial charge in [0.05, 0.1) is 13.2 Å². The van der Waals surface area contributed by atoms with Crippen molar-refractivity contribution in [2.75, 3.05) is 26.3 Å². The van der Waals surface area contributed by atoms with E-state index in [4.69, 9.17) is 4.74 Å². The van der Waals surface area contributed by atoms with E-state index in [1.54, 1.807) is 0 Å². The van der Waals surface area contributed by atoms with Crippen LogP contribution in [0.25, 0.3) is 0 Å². The highest BCUT2D eigenvalue weighted by atomic mass is 16.5. The molecule has 0 saturated carbocycles. The van der Waals surface area contributed by atoms with Crippen LogP contribution in [0.2, 0.25) is 0 Å². The van der Waals surface area contributed by atoms with Crippen LogP contribution in [0.1, 0.15) is 25.7 Å². The van der Waals surface area contributed by atoms with Crippen molar-refractivity contribution in [2.24, 2.45) is 0 Å². The second-order valence-electron chi connectivity index (χ2n) is 3.92. The standard InChI is InChI=1S/C11H17NO2/c13-11(9-10-3-1-2-4-10)12-5-7-14-8-6-12/h3H,1-2,4-9H2. The number of rotatable bonds is 2. The minimum atomic E-state index is 0.279. The van der Waals surface area contributed by atoms with Gasteiger partial charge >= 0.3 is 0 Å². The molecule has 3 nitrogen and oxygen atoms in total. The van der Waals surface area contributed by atoms with Gasteiger partial charge in [-0.05, 0) is 19.3 Å². The van der Waals surface area contributed by atoms with Crippen molar-refractivity contribution in [2.45, 2.75) is 25.7 Å². The summed E-state index contributed by atoms with van der Waals surface area (Å²) in [6.07, 6.45) is 6.37. The van der Waals surface area contributed by atoms with Gasteiger partial charge in [-0.1, -0.05) is 11.6 Å². The average Bonchev–Trinajstić information content (AvgIpc) is 2.72. The van der Waals surface area contributed by atoms with Crippen LogP contribution in [0.15, 0.2) is 11.6 Å². The zero-order chi connectivity index (χ0) is 9.80. The predicted molar refractivity (Wildman–Crippen MR) is 54.0 cm³/mol. The third-order valence-corrected chi connectivity index (χ3v) is 2.88. The van der Waals surface area contributed by atoms with Crippen molar-refractivity contribution in [1.82, 2.24) is 4.90 Å². The fraction of sp³-hybridized carbons (Fsp3) is 0.727. The molecule has 1 aliphatic carbocycles. The van der Waals surface area contributed by atoms with E-state index in [0.717, 1.165) is 25.9 Å². The van der Waals surface area contributed by atoms with Gasteiger partial charge in [0, 0.05) is 19.5 Å². The molecule has 0 atom stereocenters. The summed E-state index contributed by atoms with van der Waals surface area (Å²) < 4.78 is 5.21. The number of ether oxygens (including phenoxy) is 1. The molecule has 14 heavy (non-hydrogen) atoms. The molecule has 0 radical (unpaired) electrons. The highest BCUT2D eigenvalue weighted by molar-refractivity contribution is 5.78. The third kappa shape index (κ3) is 2.35. The van der Waals surface area contributed by atoms with E-state index in [-0.39, 0.29) is 5.91 Å². The molecule has 2 rings (SSSR count). The molecule has 1 amide bonds. The summed E-state index contributed by atoms with van der Waals surface area (Å²) >= 11 is 0. The first-order valence-corrected chi connectivity index (χ1v) is 5.40. The van der Waals surface area contributed by atoms with Crippen LogP contribution in [-0.4, -0.2) is 37.1 Å². The van der Waals surface area contributed by atoms with E-state index in [2.05, 4.69) is 6.08 Å². The van der Waals surface area contributed by atoms with Gasteiger partial charge in [-0.3, -0.25) is 4.79 Å². The maximum atomic E-state index is 11.8. The molecule has 0 spiro atoms. The maximum Gasteiger partial charge on any atom is 0.226 e. The number of hydrogen-bond acceptors (Lipinski definition) is 2. The Morgan fingerprint density at radius 3 is 2.86 bits per heavy atom. The zero-order valence-corrected chi connectivity index (χ0v) is 8.50. The van der Waals surface area contributed by atoms with Crippen LogP contribution in [0.5, 0.6) is 0 Å². The Kier molecular flexibility index (Phi) is 3.19. The molecule has 1 heterocycles. The number of morpholine rings is 1. The largest absolute Gasteiger partial charge is 0.378 e. The van der Waals surface area contributed by atoms with Crippen molar-refractivity contribution >= 4 is 5.91 Å². The van der Waals surface area contributed by atoms with Crippen molar-refractivity contribution in [1.29, 1.82) is 0 Å². The minimum Gasteiger partial charge on any atom is -0.378 e. The minimum absolute atomic E-state index is 0.279. The maximum absolute atomic E-state index is 11.8. The number of amides is 1. The Morgan fingerprint density at radius 2 is 2.21 bits per heavy atom. The number of nitrogens with zero attached hydrogens (tertiary/aromatic N) is 1. The lowest BCUT2D eigenvalue weighted by atomic mass is 10.1. The summed E-state index contributed by atoms with van der Waals surface area (Å²) in [7, 11) is 0. The zero-order valence-electron chi connectivity index (χ0n) is 8.50. The lowest BCUT2D eigenvalue weighted by Gasteiger charge is -2.27. The molecule has 2 aliphatic rings. The fourth-order valence-corrected chi connectivity index (χ4v) is 2.02. The summed E-state index contributed by atoms with van der Waals surface area (Å²) in [5.41, 5.74) is 1.33. The number of hydrogen-bond donors (Lipinski definition) is 0. The smallest absolute Gasteiger partial charge is 0.226 e. The molecule has 0 aromatic rings. The molecule has 0 aromatic heterocycles. The first-order chi connectivity index (χ1) is 6.86. The highest BCUT2D eigenvalue weighted by Crippen LogP contribution is 2.21. The lowest BCUT2D eigenvalue weighted by Crippen LogP contribution is -2.40. The van der Waals surface area contributed by atoms with Crippen LogP contribution in [-0.2, 0) is 9.53 Å². The Labute approximate surface area is 84.7 Å². The first-order valence-electron chi connectivity index (χ1n) is 5.40. The highest BCUT2D eigenvalue weighted by Gasteiger charge is 2.18. The van der Waals surface area contributed by atoms with Gasteiger partial charge in [0.15, 0.2) is 0 Å². The van der Waals surface area contributed by atoms with Crippen LogP contribution in [0.3, 0.4) is 0 Å². The van der Waals surface area contributed by atoms with Gasteiger partial charge in [-0.15, -0.1) is 0 Å². The second kappa shape index (κ2) is 4.60. The van der Waals surface area contributed by atoms with E-state index >= 15 is 0 Å². The molecule has 1 aliphatic heterocycles. The summed E-state index contributed by atoms with van der Waals surface area (Å²) in [5, 5.41) is 0. The number of carbonyl (C=O) groups excluding carboxylic acids is 1. The van der Waals surface area contributed by atoms with Crippen LogP contribution >= 0.6 is 0 Å². The van der Waals surface area contributed by atoms with Crippen LogP contribution in [0.4, 0.5) is 0 Å². The second-order valence-corrected chi connectivity index (χ2v) is 3.92. The summed E-state index contributed by atoms with van der Waals surface area (Å²) in [6, 6.07) is 0. The molecule has 78 valence electrons. The van der Waals surface area contributed by atoms with E-state index < -0.39 is 0 Å². The van der Waals surface area contributed by atoms with Gasteiger partial charge < -0.3 is 9.64 Å². The Balaban J connectivity index is 1.81. The Morgan fingerprint density at radius 1 is 1.43 bits per heavy atom. The average molecular weight is 195 g/mol. The molecular weight excluding hydrogens is 178 g/mol. The van der Waals surface area contributed by atoms with Crippen LogP contribution < -0.4 is 0 Å². The quantitative estimate of drug-likeness (QED) is 0.622. The van der Waals surface area contributed by atoms with Crippen molar-refractivity contribution in [3.05, 3.63) is 11.6 Å². The van der Waals surface area contributed by atoms with Gasteiger partial charge in [0.2, 0.25) is 5.91 Å². The SMILES string of the molecule is O=C(CC1=CCCC1)N1CCOCC1. The summed E-state index contributed by atoms with van der Waals surface area (Å²) in [4.78, 5) is 13.7. The molecular formula is C11H17NO2. The topological polar surface area (TPSA) is 29.5 Å². The molecule has 0 aromatic carbocycles. The van der Waals surface area contributed by atoms with E-state index in [1.807, 2.05) is 4.90 Å². The van der Waals surface area contributed by atoms with E-state index in [9.17, 15) is 4.79 Å². The van der Waals surface area contributed by atoms with Crippen LogP contribution in [0, 0.1) is 0 Å². The van der Waals surface area contributed by atoms with Gasteiger partial charge in [-0.2, -0.15) is 0 Å². The number of carbonyl (C=O) groups is 1. The molecule has 1 fully saturated rings. The van der Waals surface area contributed by atoms with Gasteiger partial charge in [0.1, 0.15) is 0 Å². The molecule has 0 unspecified atom stereocenters. The first kappa shape index (κ1) is 9.71. The third-order valence-electron chi connectivity index (χ3n) is 2.88. The monoisotopic (exact) mass is 195 g/mol. The molecule has 3 heteroatoms. The normalized spacial score (nSPS) is 22.3. The van der Waals surface area contributed by atoms with Crippen molar-refractivity contribution in [3.63, 3.8) is 0 Å². The van der Waals surface area contributed by atoms with E-state index in [1.165, 1.54) is 12.0 Å². The molecule has 0 bridgehead atoms. The summed E-state index contributed by atoms with van der Waals surface area (Å²) in [5.74, 6) is 0.279. The fourth-order valence-electron chi connectivity index (χ4n) is 2.02. The Hall–Kier alpha value is -0.830. The Bertz CT molecular complexity index is 242. The number of allylic oxidation sites excluding steroid dienone is 1. The van der Waals surface area contributed by atoms with Gasteiger partial charge in [0.25, 0.3) is 0 Å². The molecule has 1 saturated heterocycles. The van der Waals surface area contributed by atoms with Crippen molar-refractivity contribution < 1.29 is 9.53 Å².